The highest BCUT2D eigenvalue weighted by molar-refractivity contribution is 5.45. The molecule has 0 amide bonds. The van der Waals surface area contributed by atoms with Crippen LogP contribution in [0.5, 0.6) is 5.75 Å². The Morgan fingerprint density at radius 1 is 1.05 bits per heavy atom. The summed E-state index contributed by atoms with van der Waals surface area (Å²) in [4.78, 5) is 0. The summed E-state index contributed by atoms with van der Waals surface area (Å²) in [6.45, 7) is 0.956. The lowest BCUT2D eigenvalue weighted by Crippen LogP contribution is -1.96. The van der Waals surface area contributed by atoms with E-state index >= 15 is 0 Å². The number of anilines is 1. The monoisotopic (exact) mass is 268 g/mol. The van der Waals surface area contributed by atoms with Crippen molar-refractivity contribution in [2.24, 2.45) is 0 Å². The zero-order valence-electron chi connectivity index (χ0n) is 11.3. The maximum atomic E-state index is 9.02. The molecule has 0 spiro atoms. The highest BCUT2D eigenvalue weighted by Gasteiger charge is 2.03. The number of nitrogen functional groups attached to an aromatic ring is 1. The van der Waals surface area contributed by atoms with Crippen LogP contribution in [0.3, 0.4) is 0 Å². The van der Waals surface area contributed by atoms with Gasteiger partial charge in [0, 0.05) is 5.69 Å². The number of benzene rings is 2. The van der Waals surface area contributed by atoms with Crippen molar-refractivity contribution in [3.63, 3.8) is 0 Å². The molecule has 2 aromatic carbocycles. The van der Waals surface area contributed by atoms with Crippen LogP contribution < -0.4 is 10.5 Å². The fourth-order valence-corrected chi connectivity index (χ4v) is 1.83. The van der Waals surface area contributed by atoms with Crippen LogP contribution >= 0.6 is 0 Å². The third kappa shape index (κ3) is 3.50. The van der Waals surface area contributed by atoms with E-state index in [1.165, 1.54) is 0 Å². The molecule has 0 heterocycles. The van der Waals surface area contributed by atoms with Crippen molar-refractivity contribution in [3.8, 4) is 11.8 Å². The molecule has 2 rings (SSSR count). The quantitative estimate of drug-likeness (QED) is 0.847. The fourth-order valence-electron chi connectivity index (χ4n) is 1.83. The number of hydrogen-bond acceptors (Lipinski definition) is 4. The van der Waals surface area contributed by atoms with E-state index in [1.807, 2.05) is 30.3 Å². The number of hydrogen-bond donors (Lipinski definition) is 1. The van der Waals surface area contributed by atoms with E-state index < -0.39 is 0 Å². The number of nitrogens with two attached hydrogens (primary N) is 1. The molecule has 0 saturated heterocycles. The van der Waals surface area contributed by atoms with Gasteiger partial charge in [0.25, 0.3) is 0 Å². The summed E-state index contributed by atoms with van der Waals surface area (Å²) in [5, 5.41) is 9.02. The van der Waals surface area contributed by atoms with Crippen molar-refractivity contribution >= 4 is 5.69 Å². The molecule has 0 radical (unpaired) electrons. The van der Waals surface area contributed by atoms with Gasteiger partial charge in [-0.15, -0.1) is 0 Å². The molecule has 2 aromatic rings. The number of methoxy groups -OCH3 is 1. The molecule has 102 valence electrons. The van der Waals surface area contributed by atoms with Crippen molar-refractivity contribution in [2.45, 2.75) is 13.2 Å². The predicted octanol–water partition coefficient (Wildman–Crippen LogP) is 2.87. The van der Waals surface area contributed by atoms with E-state index in [0.717, 1.165) is 16.8 Å². The van der Waals surface area contributed by atoms with E-state index in [1.54, 1.807) is 19.2 Å². The zero-order chi connectivity index (χ0) is 14.4. The molecule has 0 unspecified atom stereocenters. The number of nitriles is 1. The Kier molecular flexibility index (Phi) is 4.59. The first-order valence-corrected chi connectivity index (χ1v) is 6.22. The molecular formula is C16H16N2O2. The minimum Gasteiger partial charge on any atom is -0.495 e. The smallest absolute Gasteiger partial charge is 0.136 e. The summed E-state index contributed by atoms with van der Waals surface area (Å²) in [6, 6.07) is 15.1. The summed E-state index contributed by atoms with van der Waals surface area (Å²) in [7, 11) is 1.55. The van der Waals surface area contributed by atoms with Crippen LogP contribution in [-0.2, 0) is 18.0 Å². The Hall–Kier alpha value is -2.51. The molecule has 0 aliphatic rings. The van der Waals surface area contributed by atoms with Crippen LogP contribution in [-0.4, -0.2) is 7.11 Å². The molecule has 4 nitrogen and oxygen atoms in total. The van der Waals surface area contributed by atoms with Gasteiger partial charge < -0.3 is 15.2 Å². The molecule has 0 saturated carbocycles. The molecule has 0 atom stereocenters. The van der Waals surface area contributed by atoms with Crippen molar-refractivity contribution < 1.29 is 9.47 Å². The maximum Gasteiger partial charge on any atom is 0.136 e. The van der Waals surface area contributed by atoms with Gasteiger partial charge in [0.1, 0.15) is 11.8 Å². The van der Waals surface area contributed by atoms with Gasteiger partial charge in [0.15, 0.2) is 0 Å². The molecule has 0 bridgehead atoms. The fraction of sp³-hybridized carbons (Fsp3) is 0.188. The Bertz CT molecular complexity index is 615. The van der Waals surface area contributed by atoms with E-state index in [4.69, 9.17) is 20.5 Å². The summed E-state index contributed by atoms with van der Waals surface area (Å²) in [6.07, 6.45) is 0. The highest BCUT2D eigenvalue weighted by Crippen LogP contribution is 2.19. The number of rotatable bonds is 5. The van der Waals surface area contributed by atoms with E-state index in [2.05, 4.69) is 6.07 Å². The first-order chi connectivity index (χ1) is 9.72. The molecule has 4 heteroatoms. The number of nitrogens with zero attached hydrogens (tertiary/aromatic N) is 1. The first-order valence-electron chi connectivity index (χ1n) is 6.22. The van der Waals surface area contributed by atoms with Crippen LogP contribution in [0.15, 0.2) is 42.5 Å². The van der Waals surface area contributed by atoms with Gasteiger partial charge in [-0.1, -0.05) is 18.2 Å². The number of ether oxygens (including phenoxy) is 2. The van der Waals surface area contributed by atoms with Crippen molar-refractivity contribution in [1.29, 1.82) is 5.26 Å². The molecular weight excluding hydrogens is 252 g/mol. The standard InChI is InChI=1S/C16H16N2O2/c1-19-16-7-4-13(8-14(16)9-17)11-20-10-12-2-5-15(18)6-3-12/h2-8H,10-11,18H2,1H3. The predicted molar refractivity (Wildman–Crippen MR) is 77.1 cm³/mol. The molecule has 0 aliphatic carbocycles. The van der Waals surface area contributed by atoms with Gasteiger partial charge >= 0.3 is 0 Å². The summed E-state index contributed by atoms with van der Waals surface area (Å²) in [5.74, 6) is 0.579. The van der Waals surface area contributed by atoms with E-state index in [9.17, 15) is 0 Å². The second-order valence-electron chi connectivity index (χ2n) is 4.38. The van der Waals surface area contributed by atoms with Gasteiger partial charge in [-0.05, 0) is 35.4 Å². The van der Waals surface area contributed by atoms with Gasteiger partial charge in [-0.2, -0.15) is 5.26 Å². The van der Waals surface area contributed by atoms with Crippen LogP contribution in [0.25, 0.3) is 0 Å². The van der Waals surface area contributed by atoms with Gasteiger partial charge in [-0.25, -0.2) is 0 Å². The Balaban J connectivity index is 1.94. The minimum absolute atomic E-state index is 0.447. The average molecular weight is 268 g/mol. The third-order valence-electron chi connectivity index (χ3n) is 2.90. The second-order valence-corrected chi connectivity index (χ2v) is 4.38. The Labute approximate surface area is 118 Å². The Morgan fingerprint density at radius 3 is 2.35 bits per heavy atom. The molecule has 0 fully saturated rings. The summed E-state index contributed by atoms with van der Waals surface area (Å²) in [5.41, 5.74) is 8.88. The minimum atomic E-state index is 0.447. The normalized spacial score (nSPS) is 10.0. The van der Waals surface area contributed by atoms with Crippen LogP contribution in [0, 0.1) is 11.3 Å². The zero-order valence-corrected chi connectivity index (χ0v) is 11.3. The molecule has 0 aromatic heterocycles. The lowest BCUT2D eigenvalue weighted by atomic mass is 10.1. The SMILES string of the molecule is COc1ccc(COCc2ccc(N)cc2)cc1C#N. The van der Waals surface area contributed by atoms with Crippen LogP contribution in [0.1, 0.15) is 16.7 Å². The summed E-state index contributed by atoms with van der Waals surface area (Å²) >= 11 is 0. The van der Waals surface area contributed by atoms with Crippen molar-refractivity contribution in [3.05, 3.63) is 59.2 Å². The van der Waals surface area contributed by atoms with E-state index in [0.29, 0.717) is 24.5 Å². The average Bonchev–Trinajstić information content (AvgIpc) is 2.49. The van der Waals surface area contributed by atoms with Gasteiger partial charge in [-0.3, -0.25) is 0 Å². The lowest BCUT2D eigenvalue weighted by Gasteiger charge is -2.07. The molecule has 2 N–H and O–H groups in total. The van der Waals surface area contributed by atoms with Crippen LogP contribution in [0.2, 0.25) is 0 Å². The highest BCUT2D eigenvalue weighted by atomic mass is 16.5. The van der Waals surface area contributed by atoms with Gasteiger partial charge in [0.2, 0.25) is 0 Å². The second kappa shape index (κ2) is 6.60. The van der Waals surface area contributed by atoms with Crippen LogP contribution in [0.4, 0.5) is 5.69 Å². The largest absolute Gasteiger partial charge is 0.495 e. The molecule has 0 aliphatic heterocycles. The summed E-state index contributed by atoms with van der Waals surface area (Å²) < 4.78 is 10.7. The first kappa shape index (κ1) is 13.9. The Morgan fingerprint density at radius 2 is 1.70 bits per heavy atom. The van der Waals surface area contributed by atoms with Gasteiger partial charge in [0.05, 0.1) is 25.9 Å². The maximum absolute atomic E-state index is 9.02. The topological polar surface area (TPSA) is 68.3 Å². The lowest BCUT2D eigenvalue weighted by molar-refractivity contribution is 0.107. The van der Waals surface area contributed by atoms with Crippen molar-refractivity contribution in [1.82, 2.24) is 0 Å². The molecule has 20 heavy (non-hydrogen) atoms. The van der Waals surface area contributed by atoms with E-state index in [-0.39, 0.29) is 0 Å². The third-order valence-corrected chi connectivity index (χ3v) is 2.90. The van der Waals surface area contributed by atoms with Crippen molar-refractivity contribution in [2.75, 3.05) is 12.8 Å².